The zero-order valence-corrected chi connectivity index (χ0v) is 41.0. The fourth-order valence-electron chi connectivity index (χ4n) is 6.81. The van der Waals surface area contributed by atoms with Gasteiger partial charge in [0.1, 0.15) is 12.7 Å². The molecule has 0 aliphatic carbocycles. The zero-order valence-electron chi connectivity index (χ0n) is 40.1. The second-order valence-corrected chi connectivity index (χ2v) is 18.7. The number of aliphatic hydroxyl groups excluding tert-OH is 3. The number of carbonyl (C=O) groups excluding carboxylic acids is 2. The van der Waals surface area contributed by atoms with Gasteiger partial charge in [0, 0.05) is 12.8 Å². The average molecular weight is 913 g/mol. The maximum Gasteiger partial charge on any atom is 0.472 e. The first-order chi connectivity index (χ1) is 30.5. The summed E-state index contributed by atoms with van der Waals surface area (Å²) in [6, 6.07) is 0. The average Bonchev–Trinajstić information content (AvgIpc) is 3.27. The molecule has 368 valence electrons. The van der Waals surface area contributed by atoms with Crippen molar-refractivity contribution >= 4 is 19.8 Å². The van der Waals surface area contributed by atoms with E-state index in [0.717, 1.165) is 31.6 Å². The van der Waals surface area contributed by atoms with Crippen LogP contribution in [0.25, 0.3) is 0 Å². The molecule has 0 aromatic rings. The quantitative estimate of drug-likeness (QED) is 0.0151. The molecule has 0 aliphatic heterocycles. The Morgan fingerprint density at radius 2 is 1.14 bits per heavy atom. The van der Waals surface area contributed by atoms with Crippen molar-refractivity contribution in [3.63, 3.8) is 0 Å². The van der Waals surface area contributed by atoms with Gasteiger partial charge < -0.3 is 29.7 Å². The highest BCUT2D eigenvalue weighted by molar-refractivity contribution is 7.47. The number of unbranched alkanes of at least 4 members (excludes halogenated alkanes) is 21. The van der Waals surface area contributed by atoms with Gasteiger partial charge in [0.15, 0.2) is 6.10 Å². The molecule has 63 heavy (non-hydrogen) atoms. The molecule has 0 rings (SSSR count). The minimum Gasteiger partial charge on any atom is -0.462 e. The van der Waals surface area contributed by atoms with E-state index in [-0.39, 0.29) is 19.4 Å². The zero-order chi connectivity index (χ0) is 46.5. The summed E-state index contributed by atoms with van der Waals surface area (Å²) in [5.41, 5.74) is 0. The van der Waals surface area contributed by atoms with Crippen molar-refractivity contribution in [1.82, 2.24) is 0 Å². The van der Waals surface area contributed by atoms with Crippen LogP contribution in [-0.4, -0.2) is 76.9 Å². The van der Waals surface area contributed by atoms with Crippen LogP contribution >= 0.6 is 7.82 Å². The Balaban J connectivity index is 4.30. The molecular weight excluding hydrogens is 820 g/mol. The second-order valence-electron chi connectivity index (χ2n) is 17.3. The maximum absolute atomic E-state index is 12.7. The SMILES string of the molecule is CCCCC/C=C\C=C/[C@@H](O)C/C=C\C/C=C/CCCC(=O)OC[C@H](COP(=O)(O)OC[C@@H](O)CO)OC(=O)CCCCCCCCCCCCCCCCCCCCC(C)CC. The molecule has 0 saturated carbocycles. The standard InChI is InChI=1S/C51H93O11P/c1-4-6-7-8-22-28-33-38-47(53)39-34-29-24-21-26-30-35-40-50(55)59-44-49(45-61-63(57,58)60-43-48(54)42-52)62-51(56)41-36-31-25-20-18-16-14-12-10-9-11-13-15-17-19-23-27-32-37-46(3)5-2/h21-22,26,28-29,33-34,38,46-49,52-54H,4-20,23-25,27,30-32,35-37,39-45H2,1-3H3,(H,57,58)/b26-21+,28-22-,34-29-,38-33-/t46?,47-,48+,49-/m1/s1. The largest absolute Gasteiger partial charge is 0.472 e. The molecule has 2 unspecified atom stereocenters. The lowest BCUT2D eigenvalue weighted by Crippen LogP contribution is -2.29. The van der Waals surface area contributed by atoms with E-state index in [0.29, 0.717) is 32.1 Å². The Bertz CT molecular complexity index is 1220. The summed E-state index contributed by atoms with van der Waals surface area (Å²) in [6.07, 6.45) is 45.3. The molecule has 4 N–H and O–H groups in total. The van der Waals surface area contributed by atoms with Gasteiger partial charge in [-0.1, -0.05) is 204 Å². The van der Waals surface area contributed by atoms with Crippen LogP contribution in [0.3, 0.4) is 0 Å². The van der Waals surface area contributed by atoms with Crippen molar-refractivity contribution in [2.45, 2.75) is 232 Å². The fourth-order valence-corrected chi connectivity index (χ4v) is 7.60. The van der Waals surface area contributed by atoms with E-state index in [2.05, 4.69) is 26.8 Å². The number of esters is 2. The van der Waals surface area contributed by atoms with Crippen LogP contribution < -0.4 is 0 Å². The topological polar surface area (TPSA) is 169 Å². The van der Waals surface area contributed by atoms with Crippen LogP contribution in [0.5, 0.6) is 0 Å². The summed E-state index contributed by atoms with van der Waals surface area (Å²) in [5, 5.41) is 28.5. The summed E-state index contributed by atoms with van der Waals surface area (Å²) in [6.45, 7) is 4.61. The molecule has 0 amide bonds. The number of ether oxygens (including phenoxy) is 2. The highest BCUT2D eigenvalue weighted by Gasteiger charge is 2.27. The van der Waals surface area contributed by atoms with Gasteiger partial charge in [-0.2, -0.15) is 0 Å². The summed E-state index contributed by atoms with van der Waals surface area (Å²) in [7, 11) is -4.65. The number of phosphoric acid groups is 1. The van der Waals surface area contributed by atoms with Gasteiger partial charge in [0.05, 0.1) is 25.9 Å². The number of hydrogen-bond acceptors (Lipinski definition) is 10. The number of hydrogen-bond donors (Lipinski definition) is 4. The van der Waals surface area contributed by atoms with Crippen LogP contribution in [0.2, 0.25) is 0 Å². The molecule has 11 nitrogen and oxygen atoms in total. The van der Waals surface area contributed by atoms with E-state index in [1.54, 1.807) is 6.08 Å². The monoisotopic (exact) mass is 913 g/mol. The Hall–Kier alpha value is -2.11. The third-order valence-corrected chi connectivity index (χ3v) is 12.1. The van der Waals surface area contributed by atoms with Gasteiger partial charge in [-0.3, -0.25) is 18.6 Å². The smallest absolute Gasteiger partial charge is 0.462 e. The Morgan fingerprint density at radius 3 is 1.73 bits per heavy atom. The highest BCUT2D eigenvalue weighted by Crippen LogP contribution is 2.43. The van der Waals surface area contributed by atoms with Crippen LogP contribution in [0.4, 0.5) is 0 Å². The molecule has 0 aromatic carbocycles. The third kappa shape index (κ3) is 44.9. The Labute approximate surface area is 384 Å². The van der Waals surface area contributed by atoms with E-state index in [4.69, 9.17) is 23.6 Å². The van der Waals surface area contributed by atoms with Crippen molar-refractivity contribution in [3.8, 4) is 0 Å². The summed E-state index contributed by atoms with van der Waals surface area (Å²) in [5.74, 6) is -0.138. The van der Waals surface area contributed by atoms with Gasteiger partial charge >= 0.3 is 19.8 Å². The van der Waals surface area contributed by atoms with E-state index in [1.807, 2.05) is 36.5 Å². The first-order valence-corrected chi connectivity index (χ1v) is 26.6. The van der Waals surface area contributed by atoms with Crippen LogP contribution in [0.15, 0.2) is 48.6 Å². The van der Waals surface area contributed by atoms with E-state index in [1.165, 1.54) is 122 Å². The summed E-state index contributed by atoms with van der Waals surface area (Å²) in [4.78, 5) is 35.1. The third-order valence-electron chi connectivity index (χ3n) is 11.1. The number of aliphatic hydroxyl groups is 3. The second kappa shape index (κ2) is 45.1. The number of phosphoric ester groups is 1. The first kappa shape index (κ1) is 60.9. The van der Waals surface area contributed by atoms with Crippen molar-refractivity contribution < 1.29 is 52.9 Å². The molecule has 0 aromatic heterocycles. The van der Waals surface area contributed by atoms with Gasteiger partial charge in [0.2, 0.25) is 0 Å². The minimum absolute atomic E-state index is 0.132. The maximum atomic E-state index is 12.7. The number of allylic oxidation sites excluding steroid dienone is 6. The minimum atomic E-state index is -4.65. The molecule has 0 spiro atoms. The predicted molar refractivity (Wildman–Crippen MR) is 257 cm³/mol. The van der Waals surface area contributed by atoms with Crippen LogP contribution in [-0.2, 0) is 32.7 Å². The lowest BCUT2D eigenvalue weighted by atomic mass is 9.99. The van der Waals surface area contributed by atoms with Crippen molar-refractivity contribution in [3.05, 3.63) is 48.6 Å². The molecule has 0 radical (unpaired) electrons. The molecule has 0 heterocycles. The number of rotatable bonds is 46. The van der Waals surface area contributed by atoms with Crippen molar-refractivity contribution in [1.29, 1.82) is 0 Å². The lowest BCUT2D eigenvalue weighted by Gasteiger charge is -2.20. The van der Waals surface area contributed by atoms with E-state index >= 15 is 0 Å². The van der Waals surface area contributed by atoms with Crippen LogP contribution in [0.1, 0.15) is 213 Å². The van der Waals surface area contributed by atoms with E-state index < -0.39 is 57.9 Å². The van der Waals surface area contributed by atoms with E-state index in [9.17, 15) is 29.3 Å². The normalized spacial score (nSPS) is 15.1. The molecule has 0 saturated heterocycles. The number of carbonyl (C=O) groups is 2. The molecule has 12 heteroatoms. The molecular formula is C51H93O11P. The molecule has 0 bridgehead atoms. The fraction of sp³-hybridized carbons (Fsp3) is 0.804. The molecule has 5 atom stereocenters. The Morgan fingerprint density at radius 1 is 0.603 bits per heavy atom. The van der Waals surface area contributed by atoms with Crippen molar-refractivity contribution in [2.24, 2.45) is 5.92 Å². The molecule has 0 fully saturated rings. The van der Waals surface area contributed by atoms with Gasteiger partial charge in [0.25, 0.3) is 0 Å². The lowest BCUT2D eigenvalue weighted by molar-refractivity contribution is -0.161. The highest BCUT2D eigenvalue weighted by atomic mass is 31.2. The Kier molecular flexibility index (Phi) is 43.6. The first-order valence-electron chi connectivity index (χ1n) is 25.1. The summed E-state index contributed by atoms with van der Waals surface area (Å²) >= 11 is 0. The predicted octanol–water partition coefficient (Wildman–Crippen LogP) is 12.9. The summed E-state index contributed by atoms with van der Waals surface area (Å²) < 4.78 is 32.8. The molecule has 0 aliphatic rings. The van der Waals surface area contributed by atoms with Gasteiger partial charge in [-0.25, -0.2) is 4.57 Å². The van der Waals surface area contributed by atoms with Crippen molar-refractivity contribution in [2.75, 3.05) is 26.4 Å². The van der Waals surface area contributed by atoms with Crippen LogP contribution in [0, 0.1) is 5.92 Å². The van der Waals surface area contributed by atoms with Gasteiger partial charge in [-0.05, 0) is 50.9 Å². The van der Waals surface area contributed by atoms with Gasteiger partial charge in [-0.15, -0.1) is 0 Å².